The smallest absolute Gasteiger partial charge is 0.228 e. The molecule has 0 bridgehead atoms. The Morgan fingerprint density at radius 1 is 1.33 bits per heavy atom. The number of pyridine rings is 1. The summed E-state index contributed by atoms with van der Waals surface area (Å²) in [7, 11) is 0. The molecule has 1 N–H and O–H groups in total. The molecule has 0 spiro atoms. The molecule has 5 nitrogen and oxygen atoms in total. The van der Waals surface area contributed by atoms with E-state index in [0.717, 1.165) is 0 Å². The van der Waals surface area contributed by atoms with E-state index >= 15 is 0 Å². The van der Waals surface area contributed by atoms with Gasteiger partial charge in [0, 0.05) is 24.5 Å². The Morgan fingerprint density at radius 2 is 2.19 bits per heavy atom. The summed E-state index contributed by atoms with van der Waals surface area (Å²) in [5.41, 5.74) is 0.620. The molecule has 0 radical (unpaired) electrons. The van der Waals surface area contributed by atoms with E-state index in [1.54, 1.807) is 25.1 Å². The highest BCUT2D eigenvalue weighted by atomic mass is 35.5. The summed E-state index contributed by atoms with van der Waals surface area (Å²) in [4.78, 5) is 8.12. The van der Waals surface area contributed by atoms with Crippen LogP contribution in [0.5, 0.6) is 0 Å². The first-order valence-electron chi connectivity index (χ1n) is 6.41. The molecule has 0 aliphatic heterocycles. The molecule has 108 valence electrons. The molecule has 0 atom stereocenters. The number of benzene rings is 1. The molecule has 0 saturated carbocycles. The van der Waals surface area contributed by atoms with E-state index < -0.39 is 5.82 Å². The van der Waals surface area contributed by atoms with E-state index in [2.05, 4.69) is 20.4 Å². The van der Waals surface area contributed by atoms with E-state index in [1.807, 2.05) is 0 Å². The molecular formula is C14H12ClFN4O. The molecule has 0 aliphatic carbocycles. The lowest BCUT2D eigenvalue weighted by molar-refractivity contribution is 0.377. The van der Waals surface area contributed by atoms with Crippen LogP contribution in [0.3, 0.4) is 0 Å². The standard InChI is InChI=1S/C14H12ClFN4O/c1-8-19-12(21-20-8)5-7-17-11-3-2-9-10(15)4-6-18-14(9)13(11)16/h2-4,6,17H,5,7H2,1H3. The van der Waals surface area contributed by atoms with Crippen molar-refractivity contribution in [1.29, 1.82) is 0 Å². The van der Waals surface area contributed by atoms with Crippen molar-refractivity contribution in [3.8, 4) is 0 Å². The third-order valence-electron chi connectivity index (χ3n) is 3.02. The SMILES string of the molecule is Cc1noc(CCNc2ccc3c(Cl)ccnc3c2F)n1. The van der Waals surface area contributed by atoms with E-state index in [4.69, 9.17) is 16.1 Å². The Balaban J connectivity index is 1.76. The largest absolute Gasteiger partial charge is 0.382 e. The van der Waals surface area contributed by atoms with Gasteiger partial charge in [0.1, 0.15) is 5.52 Å². The molecule has 0 aliphatic rings. The van der Waals surface area contributed by atoms with Gasteiger partial charge in [-0.15, -0.1) is 0 Å². The van der Waals surface area contributed by atoms with Gasteiger partial charge in [-0.05, 0) is 25.1 Å². The van der Waals surface area contributed by atoms with Crippen LogP contribution in [0.25, 0.3) is 10.9 Å². The van der Waals surface area contributed by atoms with Crippen LogP contribution in [0.4, 0.5) is 10.1 Å². The number of hydrogen-bond acceptors (Lipinski definition) is 5. The van der Waals surface area contributed by atoms with Crippen molar-refractivity contribution in [3.05, 3.63) is 47.0 Å². The van der Waals surface area contributed by atoms with Gasteiger partial charge in [0.2, 0.25) is 5.89 Å². The average Bonchev–Trinajstić information content (AvgIpc) is 2.88. The van der Waals surface area contributed by atoms with Gasteiger partial charge in [-0.2, -0.15) is 4.98 Å². The van der Waals surface area contributed by atoms with Crippen molar-refractivity contribution in [3.63, 3.8) is 0 Å². The molecule has 0 fully saturated rings. The molecule has 0 saturated heterocycles. The minimum Gasteiger partial charge on any atom is -0.382 e. The fourth-order valence-corrected chi connectivity index (χ4v) is 2.24. The van der Waals surface area contributed by atoms with E-state index in [-0.39, 0.29) is 5.52 Å². The maximum atomic E-state index is 14.3. The molecule has 2 aromatic heterocycles. The number of fused-ring (bicyclic) bond motifs is 1. The van der Waals surface area contributed by atoms with Crippen LogP contribution in [-0.2, 0) is 6.42 Å². The second-order valence-electron chi connectivity index (χ2n) is 4.53. The second-order valence-corrected chi connectivity index (χ2v) is 4.94. The van der Waals surface area contributed by atoms with Crippen LogP contribution in [0.2, 0.25) is 5.02 Å². The number of nitrogens with one attached hydrogen (secondary N) is 1. The lowest BCUT2D eigenvalue weighted by atomic mass is 10.2. The van der Waals surface area contributed by atoms with Crippen LogP contribution in [0, 0.1) is 12.7 Å². The minimum absolute atomic E-state index is 0.251. The Labute approximate surface area is 125 Å². The lowest BCUT2D eigenvalue weighted by Crippen LogP contribution is -2.07. The third kappa shape index (κ3) is 2.80. The van der Waals surface area contributed by atoms with E-state index in [0.29, 0.717) is 40.8 Å². The summed E-state index contributed by atoms with van der Waals surface area (Å²) in [6.07, 6.45) is 2.00. The Morgan fingerprint density at radius 3 is 2.95 bits per heavy atom. The maximum Gasteiger partial charge on any atom is 0.228 e. The summed E-state index contributed by atoms with van der Waals surface area (Å²) < 4.78 is 19.3. The first kappa shape index (κ1) is 13.8. The lowest BCUT2D eigenvalue weighted by Gasteiger charge is -2.08. The summed E-state index contributed by atoms with van der Waals surface area (Å²) >= 11 is 6.01. The summed E-state index contributed by atoms with van der Waals surface area (Å²) in [6, 6.07) is 5.02. The van der Waals surface area contributed by atoms with Crippen molar-refractivity contribution >= 4 is 28.2 Å². The maximum absolute atomic E-state index is 14.3. The van der Waals surface area contributed by atoms with Crippen molar-refractivity contribution in [2.24, 2.45) is 0 Å². The molecule has 2 heterocycles. The van der Waals surface area contributed by atoms with Gasteiger partial charge < -0.3 is 9.84 Å². The number of nitrogens with zero attached hydrogens (tertiary/aromatic N) is 3. The highest BCUT2D eigenvalue weighted by molar-refractivity contribution is 6.35. The van der Waals surface area contributed by atoms with Gasteiger partial charge in [-0.25, -0.2) is 4.39 Å². The third-order valence-corrected chi connectivity index (χ3v) is 3.35. The zero-order valence-electron chi connectivity index (χ0n) is 11.2. The predicted molar refractivity (Wildman–Crippen MR) is 77.9 cm³/mol. The number of aryl methyl sites for hydroxylation is 1. The van der Waals surface area contributed by atoms with E-state index in [9.17, 15) is 4.39 Å². The van der Waals surface area contributed by atoms with Gasteiger partial charge in [-0.1, -0.05) is 16.8 Å². The summed E-state index contributed by atoms with van der Waals surface area (Å²) in [5.74, 6) is 0.680. The molecular weight excluding hydrogens is 295 g/mol. The van der Waals surface area contributed by atoms with Crippen molar-refractivity contribution < 1.29 is 8.91 Å². The van der Waals surface area contributed by atoms with Gasteiger partial charge in [0.25, 0.3) is 0 Å². The monoisotopic (exact) mass is 306 g/mol. The average molecular weight is 307 g/mol. The van der Waals surface area contributed by atoms with Crippen LogP contribution < -0.4 is 5.32 Å². The van der Waals surface area contributed by atoms with Crippen molar-refractivity contribution in [2.75, 3.05) is 11.9 Å². The number of halogens is 2. The normalized spacial score (nSPS) is 11.0. The van der Waals surface area contributed by atoms with Crippen LogP contribution >= 0.6 is 11.6 Å². The van der Waals surface area contributed by atoms with Gasteiger partial charge in [-0.3, -0.25) is 4.98 Å². The first-order chi connectivity index (χ1) is 10.1. The summed E-state index contributed by atoms with van der Waals surface area (Å²) in [6.45, 7) is 2.23. The first-order valence-corrected chi connectivity index (χ1v) is 6.79. The van der Waals surface area contributed by atoms with Crippen LogP contribution in [0.1, 0.15) is 11.7 Å². The second kappa shape index (κ2) is 5.65. The molecule has 3 rings (SSSR count). The molecule has 7 heteroatoms. The molecule has 0 unspecified atom stereocenters. The zero-order chi connectivity index (χ0) is 14.8. The van der Waals surface area contributed by atoms with E-state index in [1.165, 1.54) is 6.20 Å². The fourth-order valence-electron chi connectivity index (χ4n) is 2.03. The Kier molecular flexibility index (Phi) is 3.70. The minimum atomic E-state index is -0.420. The topological polar surface area (TPSA) is 63.8 Å². The fraction of sp³-hybridized carbons (Fsp3) is 0.214. The van der Waals surface area contributed by atoms with Gasteiger partial charge in [0.15, 0.2) is 11.6 Å². The number of hydrogen-bond donors (Lipinski definition) is 1. The molecule has 3 aromatic rings. The van der Waals surface area contributed by atoms with Gasteiger partial charge >= 0.3 is 0 Å². The number of rotatable bonds is 4. The zero-order valence-corrected chi connectivity index (χ0v) is 12.0. The highest BCUT2D eigenvalue weighted by Crippen LogP contribution is 2.27. The predicted octanol–water partition coefficient (Wildman–Crippen LogP) is 3.37. The number of aromatic nitrogens is 3. The van der Waals surface area contributed by atoms with Gasteiger partial charge in [0.05, 0.1) is 10.7 Å². The van der Waals surface area contributed by atoms with Crippen LogP contribution in [-0.4, -0.2) is 21.7 Å². The van der Waals surface area contributed by atoms with Crippen molar-refractivity contribution in [2.45, 2.75) is 13.3 Å². The Hall–Kier alpha value is -2.21. The van der Waals surface area contributed by atoms with Crippen LogP contribution in [0.15, 0.2) is 28.9 Å². The highest BCUT2D eigenvalue weighted by Gasteiger charge is 2.10. The Bertz CT molecular complexity index is 790. The quantitative estimate of drug-likeness (QED) is 0.800. The molecule has 1 aromatic carbocycles. The molecule has 0 amide bonds. The van der Waals surface area contributed by atoms with Crippen molar-refractivity contribution in [1.82, 2.24) is 15.1 Å². The molecule has 21 heavy (non-hydrogen) atoms. The summed E-state index contributed by atoms with van der Waals surface area (Å²) in [5, 5.41) is 7.77. The number of anilines is 1.